The third-order valence-corrected chi connectivity index (χ3v) is 1.87. The van der Waals surface area contributed by atoms with Gasteiger partial charge in [0.2, 0.25) is 0 Å². The van der Waals surface area contributed by atoms with E-state index >= 15 is 0 Å². The van der Waals surface area contributed by atoms with Crippen molar-refractivity contribution in [2.45, 2.75) is 6.92 Å². The molecule has 68 valence electrons. The lowest BCUT2D eigenvalue weighted by Crippen LogP contribution is -1.98. The lowest BCUT2D eigenvalue weighted by molar-refractivity contribution is 0.732. The molecular weight excluding hydrogens is 166 g/mol. The molecule has 2 aromatic rings. The minimum Gasteiger partial charge on any atom is -0.382 e. The van der Waals surface area contributed by atoms with Gasteiger partial charge in [0.1, 0.15) is 5.82 Å². The van der Waals surface area contributed by atoms with Crippen LogP contribution in [0.5, 0.6) is 0 Å². The fraction of sp³-hybridized carbons (Fsp3) is 0.250. The molecule has 0 aliphatic heterocycles. The van der Waals surface area contributed by atoms with Crippen molar-refractivity contribution in [2.75, 3.05) is 5.73 Å². The summed E-state index contributed by atoms with van der Waals surface area (Å²) in [5.74, 6) is 1.33. The van der Waals surface area contributed by atoms with Crippen molar-refractivity contribution in [2.24, 2.45) is 7.05 Å². The second-order valence-electron chi connectivity index (χ2n) is 2.99. The van der Waals surface area contributed by atoms with Crippen molar-refractivity contribution in [3.63, 3.8) is 0 Å². The molecule has 0 atom stereocenters. The highest BCUT2D eigenvalue weighted by molar-refractivity contribution is 5.38. The highest BCUT2D eigenvalue weighted by Gasteiger charge is 2.04. The van der Waals surface area contributed by atoms with E-state index in [-0.39, 0.29) is 0 Å². The van der Waals surface area contributed by atoms with E-state index in [9.17, 15) is 0 Å². The number of nitrogens with zero attached hydrogens (tertiary/aromatic N) is 4. The Labute approximate surface area is 75.8 Å². The zero-order chi connectivity index (χ0) is 9.42. The predicted molar refractivity (Wildman–Crippen MR) is 49.5 cm³/mol. The molecule has 2 N–H and O–H groups in total. The van der Waals surface area contributed by atoms with E-state index in [0.717, 1.165) is 11.4 Å². The lowest BCUT2D eigenvalue weighted by atomic mass is 10.4. The molecular formula is C8H11N5. The fourth-order valence-electron chi connectivity index (χ4n) is 1.12. The number of hydrogen-bond donors (Lipinski definition) is 1. The molecule has 2 rings (SSSR count). The standard InChI is InChI=1S/C8H11N5/c1-6-5-13(11-8(6)9)7-3-4-12(2)10-7/h3-5H,1-2H3,(H2,9,11). The van der Waals surface area contributed by atoms with Crippen molar-refractivity contribution in [3.8, 4) is 5.82 Å². The van der Waals surface area contributed by atoms with Crippen molar-refractivity contribution >= 4 is 5.82 Å². The molecule has 5 nitrogen and oxygen atoms in total. The second kappa shape index (κ2) is 2.62. The van der Waals surface area contributed by atoms with E-state index in [2.05, 4.69) is 10.2 Å². The van der Waals surface area contributed by atoms with E-state index in [4.69, 9.17) is 5.73 Å². The van der Waals surface area contributed by atoms with E-state index in [1.807, 2.05) is 32.4 Å². The first-order valence-electron chi connectivity index (χ1n) is 3.98. The van der Waals surface area contributed by atoms with Crippen LogP contribution in [0.2, 0.25) is 0 Å². The molecule has 0 radical (unpaired) electrons. The van der Waals surface area contributed by atoms with Gasteiger partial charge in [-0.2, -0.15) is 5.10 Å². The largest absolute Gasteiger partial charge is 0.382 e. The Morgan fingerprint density at radius 2 is 2.15 bits per heavy atom. The molecule has 2 aromatic heterocycles. The average molecular weight is 177 g/mol. The van der Waals surface area contributed by atoms with Crippen molar-refractivity contribution < 1.29 is 0 Å². The van der Waals surface area contributed by atoms with Gasteiger partial charge in [0.05, 0.1) is 0 Å². The number of aromatic nitrogens is 4. The van der Waals surface area contributed by atoms with Gasteiger partial charge in [-0.1, -0.05) is 0 Å². The van der Waals surface area contributed by atoms with Crippen LogP contribution in [0.25, 0.3) is 5.82 Å². The molecule has 0 aliphatic rings. The Morgan fingerprint density at radius 1 is 1.38 bits per heavy atom. The highest BCUT2D eigenvalue weighted by Crippen LogP contribution is 2.10. The Bertz CT molecular complexity index is 406. The molecule has 0 unspecified atom stereocenters. The zero-order valence-corrected chi connectivity index (χ0v) is 7.60. The van der Waals surface area contributed by atoms with Gasteiger partial charge in [-0.3, -0.25) is 4.68 Å². The first-order valence-corrected chi connectivity index (χ1v) is 3.98. The molecule has 0 aromatic carbocycles. The molecule has 5 heteroatoms. The molecule has 13 heavy (non-hydrogen) atoms. The summed E-state index contributed by atoms with van der Waals surface area (Å²) in [4.78, 5) is 0. The van der Waals surface area contributed by atoms with Gasteiger partial charge >= 0.3 is 0 Å². The van der Waals surface area contributed by atoms with Crippen LogP contribution in [0.4, 0.5) is 5.82 Å². The van der Waals surface area contributed by atoms with Crippen LogP contribution in [0.3, 0.4) is 0 Å². The minimum absolute atomic E-state index is 0.547. The van der Waals surface area contributed by atoms with Gasteiger partial charge in [0, 0.05) is 31.1 Å². The Kier molecular flexibility index (Phi) is 1.58. The van der Waals surface area contributed by atoms with Gasteiger partial charge in [-0.05, 0) is 6.92 Å². The molecule has 0 saturated carbocycles. The SMILES string of the molecule is Cc1cn(-c2ccn(C)n2)nc1N. The smallest absolute Gasteiger partial charge is 0.175 e. The zero-order valence-electron chi connectivity index (χ0n) is 7.60. The average Bonchev–Trinajstić information content (AvgIpc) is 2.61. The van der Waals surface area contributed by atoms with E-state index in [0.29, 0.717) is 5.82 Å². The first-order chi connectivity index (χ1) is 6.16. The van der Waals surface area contributed by atoms with E-state index < -0.39 is 0 Å². The summed E-state index contributed by atoms with van der Waals surface area (Å²) in [5, 5.41) is 8.31. The summed E-state index contributed by atoms with van der Waals surface area (Å²) < 4.78 is 3.40. The fourth-order valence-corrected chi connectivity index (χ4v) is 1.12. The minimum atomic E-state index is 0.547. The lowest BCUT2D eigenvalue weighted by Gasteiger charge is -1.92. The van der Waals surface area contributed by atoms with Gasteiger partial charge in [0.25, 0.3) is 0 Å². The number of anilines is 1. The molecule has 0 bridgehead atoms. The molecule has 0 saturated heterocycles. The van der Waals surface area contributed by atoms with Crippen molar-refractivity contribution in [1.82, 2.24) is 19.6 Å². The van der Waals surface area contributed by atoms with Crippen molar-refractivity contribution in [3.05, 3.63) is 24.0 Å². The summed E-state index contributed by atoms with van der Waals surface area (Å²) in [6.07, 6.45) is 3.72. The summed E-state index contributed by atoms with van der Waals surface area (Å²) in [5.41, 5.74) is 6.58. The summed E-state index contributed by atoms with van der Waals surface area (Å²) in [6, 6.07) is 1.88. The third-order valence-electron chi connectivity index (χ3n) is 1.87. The maximum absolute atomic E-state index is 5.62. The Hall–Kier alpha value is -1.78. The second-order valence-corrected chi connectivity index (χ2v) is 2.99. The van der Waals surface area contributed by atoms with Crippen LogP contribution < -0.4 is 5.73 Å². The third kappa shape index (κ3) is 1.28. The number of nitrogen functional groups attached to an aromatic ring is 1. The molecule has 2 heterocycles. The van der Waals surface area contributed by atoms with Crippen LogP contribution in [0.1, 0.15) is 5.56 Å². The summed E-state index contributed by atoms with van der Waals surface area (Å²) in [7, 11) is 1.86. The van der Waals surface area contributed by atoms with Crippen LogP contribution in [-0.4, -0.2) is 19.6 Å². The predicted octanol–water partition coefficient (Wildman–Crippen LogP) is 0.496. The van der Waals surface area contributed by atoms with Crippen LogP contribution in [0, 0.1) is 6.92 Å². The quantitative estimate of drug-likeness (QED) is 0.689. The Morgan fingerprint density at radius 3 is 2.62 bits per heavy atom. The maximum Gasteiger partial charge on any atom is 0.175 e. The van der Waals surface area contributed by atoms with Crippen molar-refractivity contribution in [1.29, 1.82) is 0 Å². The summed E-state index contributed by atoms with van der Waals surface area (Å²) in [6.45, 7) is 1.92. The first kappa shape index (κ1) is 7.85. The van der Waals surface area contributed by atoms with Gasteiger partial charge < -0.3 is 5.73 Å². The number of rotatable bonds is 1. The van der Waals surface area contributed by atoms with Crippen LogP contribution in [0.15, 0.2) is 18.5 Å². The number of hydrogen-bond acceptors (Lipinski definition) is 3. The molecule has 0 aliphatic carbocycles. The molecule has 0 fully saturated rings. The topological polar surface area (TPSA) is 61.7 Å². The van der Waals surface area contributed by atoms with E-state index in [1.165, 1.54) is 0 Å². The highest BCUT2D eigenvalue weighted by atomic mass is 15.4. The molecule has 0 amide bonds. The monoisotopic (exact) mass is 177 g/mol. The maximum atomic E-state index is 5.62. The summed E-state index contributed by atoms with van der Waals surface area (Å²) >= 11 is 0. The number of aryl methyl sites for hydroxylation is 2. The van der Waals surface area contributed by atoms with E-state index in [1.54, 1.807) is 9.36 Å². The number of nitrogens with two attached hydrogens (primary N) is 1. The Balaban J connectivity index is 2.46. The van der Waals surface area contributed by atoms with Gasteiger partial charge in [0.15, 0.2) is 5.82 Å². The van der Waals surface area contributed by atoms with Gasteiger partial charge in [-0.25, -0.2) is 4.68 Å². The molecule has 0 spiro atoms. The van der Waals surface area contributed by atoms with Gasteiger partial charge in [-0.15, -0.1) is 5.10 Å². The van der Waals surface area contributed by atoms with Crippen LogP contribution in [-0.2, 0) is 7.05 Å². The normalized spacial score (nSPS) is 10.6. The van der Waals surface area contributed by atoms with Crippen LogP contribution >= 0.6 is 0 Å².